The summed E-state index contributed by atoms with van der Waals surface area (Å²) in [4.78, 5) is 13.4. The molecule has 0 radical (unpaired) electrons. The zero-order chi connectivity index (χ0) is 11.0. The standard InChI is InChI=1S/C10H22N2O2/c1-5-9(3)12(7-8-14-4)10(13)11-6-2/h9H,5-8H2,1-4H3,(H,11,13). The Bertz CT molecular complexity index is 162. The summed E-state index contributed by atoms with van der Waals surface area (Å²) >= 11 is 0. The van der Waals surface area contributed by atoms with E-state index in [1.165, 1.54) is 0 Å². The van der Waals surface area contributed by atoms with E-state index in [1.54, 1.807) is 7.11 Å². The molecule has 1 N–H and O–H groups in total. The van der Waals surface area contributed by atoms with Crippen LogP contribution in [0.3, 0.4) is 0 Å². The molecule has 2 amide bonds. The minimum atomic E-state index is -0.00102. The van der Waals surface area contributed by atoms with Crippen LogP contribution in [0.4, 0.5) is 4.79 Å². The molecule has 0 aliphatic heterocycles. The number of urea groups is 1. The Morgan fingerprint density at radius 2 is 2.14 bits per heavy atom. The minimum Gasteiger partial charge on any atom is -0.383 e. The average molecular weight is 202 g/mol. The van der Waals surface area contributed by atoms with Gasteiger partial charge in [-0.3, -0.25) is 0 Å². The number of carbonyl (C=O) groups excluding carboxylic acids is 1. The van der Waals surface area contributed by atoms with Gasteiger partial charge in [0.05, 0.1) is 6.61 Å². The molecule has 0 rings (SSSR count). The van der Waals surface area contributed by atoms with E-state index < -0.39 is 0 Å². The Morgan fingerprint density at radius 1 is 1.50 bits per heavy atom. The van der Waals surface area contributed by atoms with Gasteiger partial charge >= 0.3 is 6.03 Å². The molecule has 0 aliphatic carbocycles. The maximum atomic E-state index is 11.6. The summed E-state index contributed by atoms with van der Waals surface area (Å²) in [7, 11) is 1.65. The van der Waals surface area contributed by atoms with Crippen molar-refractivity contribution in [3.05, 3.63) is 0 Å². The number of amides is 2. The number of methoxy groups -OCH3 is 1. The van der Waals surface area contributed by atoms with Gasteiger partial charge in [-0.25, -0.2) is 4.79 Å². The molecule has 0 spiro atoms. The van der Waals surface area contributed by atoms with Crippen LogP contribution in [-0.2, 0) is 4.74 Å². The van der Waals surface area contributed by atoms with E-state index in [2.05, 4.69) is 12.2 Å². The molecule has 84 valence electrons. The molecule has 1 atom stereocenters. The van der Waals surface area contributed by atoms with Gasteiger partial charge in [0.1, 0.15) is 0 Å². The molecule has 0 aromatic rings. The number of ether oxygens (including phenoxy) is 1. The monoisotopic (exact) mass is 202 g/mol. The summed E-state index contributed by atoms with van der Waals surface area (Å²) < 4.78 is 4.97. The first-order valence-corrected chi connectivity index (χ1v) is 5.20. The van der Waals surface area contributed by atoms with E-state index in [0.29, 0.717) is 19.7 Å². The molecule has 0 aromatic carbocycles. The van der Waals surface area contributed by atoms with Crippen LogP contribution >= 0.6 is 0 Å². The van der Waals surface area contributed by atoms with Crippen LogP contribution in [-0.4, -0.2) is 43.8 Å². The Balaban J connectivity index is 4.15. The lowest BCUT2D eigenvalue weighted by molar-refractivity contribution is 0.132. The smallest absolute Gasteiger partial charge is 0.317 e. The van der Waals surface area contributed by atoms with E-state index in [9.17, 15) is 4.79 Å². The van der Waals surface area contributed by atoms with Crippen LogP contribution < -0.4 is 5.32 Å². The largest absolute Gasteiger partial charge is 0.383 e. The third-order valence-corrected chi connectivity index (χ3v) is 2.25. The van der Waals surface area contributed by atoms with E-state index >= 15 is 0 Å². The van der Waals surface area contributed by atoms with E-state index in [0.717, 1.165) is 6.42 Å². The van der Waals surface area contributed by atoms with Gasteiger partial charge in [0.25, 0.3) is 0 Å². The van der Waals surface area contributed by atoms with Crippen molar-refractivity contribution in [2.75, 3.05) is 26.8 Å². The molecule has 4 nitrogen and oxygen atoms in total. The molecule has 0 fully saturated rings. The molecular weight excluding hydrogens is 180 g/mol. The van der Waals surface area contributed by atoms with Gasteiger partial charge < -0.3 is 15.0 Å². The summed E-state index contributed by atoms with van der Waals surface area (Å²) in [6.45, 7) is 7.94. The molecule has 14 heavy (non-hydrogen) atoms. The molecule has 0 saturated heterocycles. The second-order valence-corrected chi connectivity index (χ2v) is 3.28. The van der Waals surface area contributed by atoms with Crippen molar-refractivity contribution in [1.29, 1.82) is 0 Å². The minimum absolute atomic E-state index is 0.00102. The summed E-state index contributed by atoms with van der Waals surface area (Å²) in [5, 5.41) is 2.80. The number of rotatable bonds is 6. The quantitative estimate of drug-likeness (QED) is 0.708. The molecule has 0 aliphatic rings. The first kappa shape index (κ1) is 13.2. The van der Waals surface area contributed by atoms with Gasteiger partial charge in [0.15, 0.2) is 0 Å². The number of nitrogens with one attached hydrogen (secondary N) is 1. The predicted molar refractivity (Wildman–Crippen MR) is 57.4 cm³/mol. The Hall–Kier alpha value is -0.770. The highest BCUT2D eigenvalue weighted by atomic mass is 16.5. The van der Waals surface area contributed by atoms with Crippen molar-refractivity contribution in [2.45, 2.75) is 33.2 Å². The molecule has 0 bridgehead atoms. The van der Waals surface area contributed by atoms with E-state index in [1.807, 2.05) is 18.7 Å². The third-order valence-electron chi connectivity index (χ3n) is 2.25. The van der Waals surface area contributed by atoms with Gasteiger partial charge in [0.2, 0.25) is 0 Å². The topological polar surface area (TPSA) is 41.6 Å². The van der Waals surface area contributed by atoms with Crippen molar-refractivity contribution >= 4 is 6.03 Å². The fourth-order valence-corrected chi connectivity index (χ4v) is 1.18. The van der Waals surface area contributed by atoms with E-state index in [-0.39, 0.29) is 12.1 Å². The van der Waals surface area contributed by atoms with Crippen molar-refractivity contribution in [2.24, 2.45) is 0 Å². The zero-order valence-electron chi connectivity index (χ0n) is 9.67. The SMILES string of the molecule is CCNC(=O)N(CCOC)C(C)CC. The van der Waals surface area contributed by atoms with Gasteiger partial charge in [0, 0.05) is 26.2 Å². The number of carbonyl (C=O) groups is 1. The average Bonchev–Trinajstić information content (AvgIpc) is 2.18. The van der Waals surface area contributed by atoms with Crippen LogP contribution in [0.2, 0.25) is 0 Å². The second-order valence-electron chi connectivity index (χ2n) is 3.28. The molecular formula is C10H22N2O2. The predicted octanol–water partition coefficient (Wildman–Crippen LogP) is 1.46. The van der Waals surface area contributed by atoms with Gasteiger partial charge in [-0.15, -0.1) is 0 Å². The first-order valence-electron chi connectivity index (χ1n) is 5.20. The summed E-state index contributed by atoms with van der Waals surface area (Å²) in [5.74, 6) is 0. The lowest BCUT2D eigenvalue weighted by atomic mass is 10.2. The maximum Gasteiger partial charge on any atom is 0.317 e. The Morgan fingerprint density at radius 3 is 2.57 bits per heavy atom. The zero-order valence-corrected chi connectivity index (χ0v) is 9.67. The van der Waals surface area contributed by atoms with Crippen molar-refractivity contribution in [3.8, 4) is 0 Å². The van der Waals surface area contributed by atoms with E-state index in [4.69, 9.17) is 4.74 Å². The highest BCUT2D eigenvalue weighted by molar-refractivity contribution is 5.74. The first-order chi connectivity index (χ1) is 6.67. The summed E-state index contributed by atoms with van der Waals surface area (Å²) in [6.07, 6.45) is 0.959. The van der Waals surface area contributed by atoms with Crippen LogP contribution in [0.15, 0.2) is 0 Å². The fraction of sp³-hybridized carbons (Fsp3) is 0.900. The van der Waals surface area contributed by atoms with Crippen LogP contribution in [0, 0.1) is 0 Å². The normalized spacial score (nSPS) is 12.3. The molecule has 4 heteroatoms. The van der Waals surface area contributed by atoms with Crippen LogP contribution in [0.5, 0.6) is 0 Å². The Kier molecular flexibility index (Phi) is 7.20. The fourth-order valence-electron chi connectivity index (χ4n) is 1.18. The van der Waals surface area contributed by atoms with Gasteiger partial charge in [-0.2, -0.15) is 0 Å². The highest BCUT2D eigenvalue weighted by Gasteiger charge is 2.17. The summed E-state index contributed by atoms with van der Waals surface area (Å²) in [5.41, 5.74) is 0. The van der Waals surface area contributed by atoms with Crippen LogP contribution in [0.1, 0.15) is 27.2 Å². The number of nitrogens with zero attached hydrogens (tertiary/aromatic N) is 1. The van der Waals surface area contributed by atoms with Crippen molar-refractivity contribution < 1.29 is 9.53 Å². The molecule has 1 unspecified atom stereocenters. The molecule has 0 heterocycles. The Labute approximate surface area is 86.6 Å². The molecule has 0 aromatic heterocycles. The lowest BCUT2D eigenvalue weighted by Crippen LogP contribution is -2.46. The number of hydrogen-bond donors (Lipinski definition) is 1. The molecule has 0 saturated carbocycles. The maximum absolute atomic E-state index is 11.6. The highest BCUT2D eigenvalue weighted by Crippen LogP contribution is 2.03. The van der Waals surface area contributed by atoms with Crippen LogP contribution in [0.25, 0.3) is 0 Å². The number of hydrogen-bond acceptors (Lipinski definition) is 2. The van der Waals surface area contributed by atoms with Gasteiger partial charge in [-0.05, 0) is 20.3 Å². The van der Waals surface area contributed by atoms with Crippen molar-refractivity contribution in [1.82, 2.24) is 10.2 Å². The summed E-state index contributed by atoms with van der Waals surface area (Å²) in [6, 6.07) is 0.260. The third kappa shape index (κ3) is 4.46. The van der Waals surface area contributed by atoms with Crippen molar-refractivity contribution in [3.63, 3.8) is 0 Å². The second kappa shape index (κ2) is 7.62. The lowest BCUT2D eigenvalue weighted by Gasteiger charge is -2.28. The van der Waals surface area contributed by atoms with Gasteiger partial charge in [-0.1, -0.05) is 6.92 Å².